The van der Waals surface area contributed by atoms with Gasteiger partial charge in [0.05, 0.1) is 11.3 Å². The molecule has 0 saturated carbocycles. The van der Waals surface area contributed by atoms with Crippen molar-refractivity contribution >= 4 is 11.8 Å². The van der Waals surface area contributed by atoms with Crippen molar-refractivity contribution in [1.29, 1.82) is 0 Å². The Kier molecular flexibility index (Phi) is 5.28. The second-order valence-electron chi connectivity index (χ2n) is 3.93. The van der Waals surface area contributed by atoms with Crippen LogP contribution < -0.4 is 5.73 Å². The van der Waals surface area contributed by atoms with Crippen molar-refractivity contribution in [3.8, 4) is 0 Å². The molecule has 0 bridgehead atoms. The Balaban J connectivity index is 2.63. The van der Waals surface area contributed by atoms with Crippen molar-refractivity contribution < 1.29 is 4.52 Å². The van der Waals surface area contributed by atoms with Crippen molar-refractivity contribution in [2.45, 2.75) is 51.3 Å². The van der Waals surface area contributed by atoms with E-state index < -0.39 is 5.54 Å². The van der Waals surface area contributed by atoms with E-state index in [0.29, 0.717) is 5.89 Å². The molecule has 0 amide bonds. The number of rotatable bonds is 7. The van der Waals surface area contributed by atoms with Gasteiger partial charge in [-0.2, -0.15) is 16.7 Å². The Morgan fingerprint density at radius 2 is 2.00 bits per heavy atom. The Bertz CT molecular complexity index is 310. The van der Waals surface area contributed by atoms with Crippen LogP contribution in [0.3, 0.4) is 0 Å². The molecule has 0 aliphatic heterocycles. The number of nitrogens with two attached hydrogens (primary N) is 1. The zero-order valence-electron chi connectivity index (χ0n) is 10.3. The smallest absolute Gasteiger partial charge is 0.246 e. The summed E-state index contributed by atoms with van der Waals surface area (Å²) in [6.07, 6.45) is 2.79. The van der Waals surface area contributed by atoms with Crippen LogP contribution in [0.15, 0.2) is 4.52 Å². The number of hydrogen-bond donors (Lipinski definition) is 1. The first kappa shape index (κ1) is 13.5. The molecule has 0 aromatic carbocycles. The number of thioether (sulfide) groups is 1. The van der Waals surface area contributed by atoms with Gasteiger partial charge < -0.3 is 10.3 Å². The molecule has 92 valence electrons. The summed E-state index contributed by atoms with van der Waals surface area (Å²) >= 11 is 1.82. The molecule has 0 radical (unpaired) electrons. The standard InChI is InChI=1S/C11H21N3OS/c1-4-7-16-8-9-13-10(15-14-9)11(12,5-2)6-3/h4-8,12H2,1-3H3. The molecule has 0 saturated heterocycles. The molecule has 2 N–H and O–H groups in total. The van der Waals surface area contributed by atoms with Crippen LogP contribution in [0.1, 0.15) is 51.7 Å². The third-order valence-corrected chi connectivity index (χ3v) is 3.89. The predicted molar refractivity (Wildman–Crippen MR) is 67.2 cm³/mol. The molecule has 1 aromatic heterocycles. The van der Waals surface area contributed by atoms with E-state index in [2.05, 4.69) is 17.1 Å². The van der Waals surface area contributed by atoms with Gasteiger partial charge >= 0.3 is 0 Å². The first-order valence-electron chi connectivity index (χ1n) is 5.86. The van der Waals surface area contributed by atoms with Crippen LogP contribution >= 0.6 is 11.8 Å². The molecule has 1 aromatic rings. The third kappa shape index (κ3) is 3.22. The van der Waals surface area contributed by atoms with Gasteiger partial charge in [0.2, 0.25) is 5.89 Å². The lowest BCUT2D eigenvalue weighted by Gasteiger charge is -2.20. The molecule has 4 nitrogen and oxygen atoms in total. The molecule has 0 aliphatic carbocycles. The summed E-state index contributed by atoms with van der Waals surface area (Å²) in [5.41, 5.74) is 5.73. The summed E-state index contributed by atoms with van der Waals surface area (Å²) in [5, 5.41) is 3.96. The normalized spacial score (nSPS) is 12.0. The first-order chi connectivity index (χ1) is 7.66. The molecule has 0 aliphatic rings. The fourth-order valence-corrected chi connectivity index (χ4v) is 2.11. The van der Waals surface area contributed by atoms with Crippen LogP contribution in [0.25, 0.3) is 0 Å². The van der Waals surface area contributed by atoms with E-state index in [0.717, 1.165) is 30.2 Å². The average molecular weight is 243 g/mol. The predicted octanol–water partition coefficient (Wildman–Crippen LogP) is 2.69. The lowest BCUT2D eigenvalue weighted by Crippen LogP contribution is -2.35. The minimum Gasteiger partial charge on any atom is -0.337 e. The van der Waals surface area contributed by atoms with Crippen molar-refractivity contribution in [2.75, 3.05) is 5.75 Å². The average Bonchev–Trinajstić information content (AvgIpc) is 2.78. The van der Waals surface area contributed by atoms with Crippen LogP contribution in [-0.4, -0.2) is 15.9 Å². The first-order valence-corrected chi connectivity index (χ1v) is 7.01. The summed E-state index contributed by atoms with van der Waals surface area (Å²) in [4.78, 5) is 4.37. The maximum absolute atomic E-state index is 6.18. The molecule has 0 unspecified atom stereocenters. The quantitative estimate of drug-likeness (QED) is 0.746. The molecular formula is C11H21N3OS. The molecule has 5 heteroatoms. The number of nitrogens with zero attached hydrogens (tertiary/aromatic N) is 2. The van der Waals surface area contributed by atoms with Gasteiger partial charge in [0.25, 0.3) is 0 Å². The van der Waals surface area contributed by atoms with Gasteiger partial charge in [-0.1, -0.05) is 25.9 Å². The van der Waals surface area contributed by atoms with Crippen molar-refractivity contribution in [2.24, 2.45) is 5.73 Å². The topological polar surface area (TPSA) is 64.9 Å². The highest BCUT2D eigenvalue weighted by Crippen LogP contribution is 2.24. The Labute approximate surface area is 101 Å². The molecular weight excluding hydrogens is 222 g/mol. The highest BCUT2D eigenvalue weighted by molar-refractivity contribution is 7.98. The summed E-state index contributed by atoms with van der Waals surface area (Å²) < 4.78 is 5.24. The molecule has 1 heterocycles. The van der Waals surface area contributed by atoms with Gasteiger partial charge in [0.1, 0.15) is 0 Å². The van der Waals surface area contributed by atoms with Crippen molar-refractivity contribution in [1.82, 2.24) is 10.1 Å². The largest absolute Gasteiger partial charge is 0.337 e. The lowest BCUT2D eigenvalue weighted by molar-refractivity contribution is 0.267. The minimum absolute atomic E-state index is 0.458. The number of hydrogen-bond acceptors (Lipinski definition) is 5. The van der Waals surface area contributed by atoms with Crippen LogP contribution in [-0.2, 0) is 11.3 Å². The van der Waals surface area contributed by atoms with Crippen LogP contribution in [0.4, 0.5) is 0 Å². The van der Waals surface area contributed by atoms with E-state index >= 15 is 0 Å². The summed E-state index contributed by atoms with van der Waals surface area (Å²) in [5.74, 6) is 3.26. The van der Waals surface area contributed by atoms with Crippen molar-refractivity contribution in [3.63, 3.8) is 0 Å². The molecule has 0 spiro atoms. The van der Waals surface area contributed by atoms with E-state index in [-0.39, 0.29) is 0 Å². The van der Waals surface area contributed by atoms with Crippen LogP contribution in [0.2, 0.25) is 0 Å². The zero-order valence-corrected chi connectivity index (χ0v) is 11.1. The Morgan fingerprint density at radius 3 is 2.56 bits per heavy atom. The molecule has 1 rings (SSSR count). The zero-order chi connectivity index (χ0) is 12.0. The summed E-state index contributed by atoms with van der Waals surface area (Å²) in [6.45, 7) is 6.24. The van der Waals surface area contributed by atoms with Crippen LogP contribution in [0.5, 0.6) is 0 Å². The highest BCUT2D eigenvalue weighted by Gasteiger charge is 2.29. The highest BCUT2D eigenvalue weighted by atomic mass is 32.2. The maximum Gasteiger partial charge on any atom is 0.246 e. The maximum atomic E-state index is 6.18. The van der Waals surface area contributed by atoms with Gasteiger partial charge in [0.15, 0.2) is 5.82 Å². The van der Waals surface area contributed by atoms with E-state index in [1.165, 1.54) is 6.42 Å². The van der Waals surface area contributed by atoms with Gasteiger partial charge in [-0.15, -0.1) is 0 Å². The van der Waals surface area contributed by atoms with E-state index in [1.807, 2.05) is 25.6 Å². The molecule has 0 atom stereocenters. The van der Waals surface area contributed by atoms with Crippen molar-refractivity contribution in [3.05, 3.63) is 11.7 Å². The van der Waals surface area contributed by atoms with Gasteiger partial charge in [-0.3, -0.25) is 0 Å². The molecule has 0 fully saturated rings. The Morgan fingerprint density at radius 1 is 1.31 bits per heavy atom. The van der Waals surface area contributed by atoms with Crippen LogP contribution in [0, 0.1) is 0 Å². The van der Waals surface area contributed by atoms with Gasteiger partial charge in [-0.25, -0.2) is 0 Å². The second kappa shape index (κ2) is 6.25. The van der Waals surface area contributed by atoms with E-state index in [9.17, 15) is 0 Å². The van der Waals surface area contributed by atoms with E-state index in [1.54, 1.807) is 0 Å². The summed E-state index contributed by atoms with van der Waals surface area (Å²) in [7, 11) is 0. The Hall–Kier alpha value is -0.550. The third-order valence-electron chi connectivity index (χ3n) is 2.74. The summed E-state index contributed by atoms with van der Waals surface area (Å²) in [6, 6.07) is 0. The monoisotopic (exact) mass is 243 g/mol. The number of aromatic nitrogens is 2. The lowest BCUT2D eigenvalue weighted by atomic mass is 9.94. The molecule has 16 heavy (non-hydrogen) atoms. The fourth-order valence-electron chi connectivity index (χ4n) is 1.38. The van der Waals surface area contributed by atoms with Gasteiger partial charge in [-0.05, 0) is 25.0 Å². The fraction of sp³-hybridized carbons (Fsp3) is 0.818. The second-order valence-corrected chi connectivity index (χ2v) is 5.04. The SMILES string of the molecule is CCCSCc1noc(C(N)(CC)CC)n1. The van der Waals surface area contributed by atoms with E-state index in [4.69, 9.17) is 10.3 Å². The minimum atomic E-state index is -0.458. The van der Waals surface area contributed by atoms with Gasteiger partial charge in [0, 0.05) is 0 Å².